The molecule has 1 heterocycles. The fourth-order valence-electron chi connectivity index (χ4n) is 2.71. The predicted molar refractivity (Wildman–Crippen MR) is 106 cm³/mol. The zero-order valence-electron chi connectivity index (χ0n) is 15.6. The third-order valence-corrected chi connectivity index (χ3v) is 4.21. The van der Waals surface area contributed by atoms with Crippen LogP contribution in [0.4, 0.5) is 5.69 Å². The number of benzene rings is 2. The van der Waals surface area contributed by atoms with Gasteiger partial charge in [0.1, 0.15) is 11.9 Å². The number of aromatic amines is 1. The van der Waals surface area contributed by atoms with E-state index in [0.717, 1.165) is 0 Å². The van der Waals surface area contributed by atoms with E-state index in [1.165, 1.54) is 6.92 Å². The summed E-state index contributed by atoms with van der Waals surface area (Å²) in [7, 11) is 0. The largest absolute Gasteiger partial charge is 0.453 e. The van der Waals surface area contributed by atoms with Crippen LogP contribution in [0.25, 0.3) is 10.9 Å². The van der Waals surface area contributed by atoms with E-state index < -0.39 is 18.0 Å². The second-order valence-electron chi connectivity index (χ2n) is 6.31. The van der Waals surface area contributed by atoms with Crippen LogP contribution in [-0.4, -0.2) is 27.9 Å². The van der Waals surface area contributed by atoms with Gasteiger partial charge in [-0.3, -0.25) is 14.4 Å². The van der Waals surface area contributed by atoms with Gasteiger partial charge in [0.25, 0.3) is 11.5 Å². The molecule has 1 aromatic heterocycles. The molecule has 2 N–H and O–H groups in total. The first-order valence-electron chi connectivity index (χ1n) is 8.95. The Hall–Kier alpha value is -3.99. The number of hydrogen-bond donors (Lipinski definition) is 2. The second kappa shape index (κ2) is 8.80. The van der Waals surface area contributed by atoms with Crippen molar-refractivity contribution in [2.75, 3.05) is 5.32 Å². The van der Waals surface area contributed by atoms with Crippen LogP contribution in [0.1, 0.15) is 24.7 Å². The highest BCUT2D eigenvalue weighted by Crippen LogP contribution is 2.14. The molecule has 1 atom stereocenters. The van der Waals surface area contributed by atoms with Crippen LogP contribution in [-0.2, 0) is 20.7 Å². The third-order valence-electron chi connectivity index (χ3n) is 4.21. The smallest absolute Gasteiger partial charge is 0.307 e. The number of nitrogens with zero attached hydrogens (tertiary/aromatic N) is 2. The van der Waals surface area contributed by atoms with E-state index in [0.29, 0.717) is 28.0 Å². The number of ether oxygens (including phenoxy) is 1. The molecular weight excluding hydrogens is 372 g/mol. The molecule has 0 fully saturated rings. The molecule has 0 unspecified atom stereocenters. The van der Waals surface area contributed by atoms with Crippen molar-refractivity contribution >= 4 is 28.5 Å². The topological polar surface area (TPSA) is 125 Å². The fraction of sp³-hybridized carbons (Fsp3) is 0.190. The highest BCUT2D eigenvalue weighted by Gasteiger charge is 2.19. The summed E-state index contributed by atoms with van der Waals surface area (Å²) in [5.74, 6) is -0.777. The predicted octanol–water partition coefficient (Wildman–Crippen LogP) is 2.30. The summed E-state index contributed by atoms with van der Waals surface area (Å²) >= 11 is 0. The van der Waals surface area contributed by atoms with E-state index in [2.05, 4.69) is 15.3 Å². The Morgan fingerprint density at radius 1 is 1.21 bits per heavy atom. The number of amides is 1. The molecule has 0 spiro atoms. The first-order chi connectivity index (χ1) is 14.0. The van der Waals surface area contributed by atoms with Crippen molar-refractivity contribution < 1.29 is 14.3 Å². The average molecular weight is 390 g/mol. The maximum Gasteiger partial charge on any atom is 0.307 e. The molecule has 8 heteroatoms. The number of H-pyrrole nitrogens is 1. The average Bonchev–Trinajstić information content (AvgIpc) is 2.72. The van der Waals surface area contributed by atoms with Gasteiger partial charge >= 0.3 is 5.97 Å². The molecule has 2 aromatic carbocycles. The summed E-state index contributed by atoms with van der Waals surface area (Å²) in [6, 6.07) is 15.4. The molecule has 8 nitrogen and oxygen atoms in total. The number of nitrogens with one attached hydrogen (secondary N) is 2. The minimum atomic E-state index is -1.04. The third kappa shape index (κ3) is 4.84. The minimum absolute atomic E-state index is 0.0479. The second-order valence-corrected chi connectivity index (χ2v) is 6.31. The number of carbonyl (C=O) groups is 2. The number of fused-ring (bicyclic) bond motifs is 1. The molecular formula is C21H18N4O4. The number of carbonyl (C=O) groups excluding carboxylic acids is 2. The molecule has 29 heavy (non-hydrogen) atoms. The van der Waals surface area contributed by atoms with Crippen LogP contribution in [0.3, 0.4) is 0 Å². The summed E-state index contributed by atoms with van der Waals surface area (Å²) in [5, 5.41) is 12.1. The van der Waals surface area contributed by atoms with Gasteiger partial charge in [-0.1, -0.05) is 24.3 Å². The minimum Gasteiger partial charge on any atom is -0.453 e. The van der Waals surface area contributed by atoms with E-state index in [4.69, 9.17) is 10.00 Å². The summed E-state index contributed by atoms with van der Waals surface area (Å²) in [4.78, 5) is 43.3. The molecule has 3 aromatic rings. The molecule has 1 amide bonds. The van der Waals surface area contributed by atoms with Gasteiger partial charge in [0.15, 0.2) is 6.10 Å². The molecule has 0 aliphatic carbocycles. The monoisotopic (exact) mass is 390 g/mol. The number of aromatic nitrogens is 2. The fourth-order valence-corrected chi connectivity index (χ4v) is 2.71. The molecule has 146 valence electrons. The Bertz CT molecular complexity index is 1160. The number of nitriles is 1. The standard InChI is InChI=1S/C21H18N4O4/c1-13(20(27)24-16-8-4-2-6-14(16)12-22)29-19(26)11-10-18-23-17-9-5-3-7-15(17)21(28)25-18/h2-9,13H,10-11H2,1H3,(H,24,27)(H,23,25,28)/t13-/m0/s1. The van der Waals surface area contributed by atoms with Crippen LogP contribution in [0.15, 0.2) is 53.3 Å². The maximum absolute atomic E-state index is 12.2. The summed E-state index contributed by atoms with van der Waals surface area (Å²) < 4.78 is 5.14. The lowest BCUT2D eigenvalue weighted by molar-refractivity contribution is -0.153. The lowest BCUT2D eigenvalue weighted by atomic mass is 10.2. The molecule has 0 saturated carbocycles. The van der Waals surface area contributed by atoms with Crippen molar-refractivity contribution in [3.8, 4) is 6.07 Å². The van der Waals surface area contributed by atoms with Gasteiger partial charge in [0.2, 0.25) is 0 Å². The van der Waals surface area contributed by atoms with Crippen LogP contribution in [0, 0.1) is 11.3 Å². The summed E-state index contributed by atoms with van der Waals surface area (Å²) in [5.41, 5.74) is 0.929. The van der Waals surface area contributed by atoms with Crippen LogP contribution in [0.2, 0.25) is 0 Å². The Morgan fingerprint density at radius 3 is 2.72 bits per heavy atom. The van der Waals surface area contributed by atoms with Gasteiger partial charge in [0, 0.05) is 6.42 Å². The summed E-state index contributed by atoms with van der Waals surface area (Å²) in [6.45, 7) is 1.44. The highest BCUT2D eigenvalue weighted by atomic mass is 16.5. The van der Waals surface area contributed by atoms with E-state index >= 15 is 0 Å². The number of rotatable bonds is 6. The number of para-hydroxylation sites is 2. The highest BCUT2D eigenvalue weighted by molar-refractivity contribution is 5.96. The zero-order chi connectivity index (χ0) is 20.8. The van der Waals surface area contributed by atoms with E-state index in [-0.39, 0.29) is 18.4 Å². The lowest BCUT2D eigenvalue weighted by Crippen LogP contribution is -2.30. The lowest BCUT2D eigenvalue weighted by Gasteiger charge is -2.14. The van der Waals surface area contributed by atoms with Gasteiger partial charge in [0.05, 0.1) is 28.6 Å². The van der Waals surface area contributed by atoms with Crippen LogP contribution < -0.4 is 10.9 Å². The van der Waals surface area contributed by atoms with Crippen molar-refractivity contribution in [3.05, 3.63) is 70.3 Å². The summed E-state index contributed by atoms with van der Waals surface area (Å²) in [6.07, 6.45) is -0.920. The number of esters is 1. The van der Waals surface area contributed by atoms with Crippen molar-refractivity contribution in [2.45, 2.75) is 25.9 Å². The van der Waals surface area contributed by atoms with E-state index in [1.54, 1.807) is 48.5 Å². The molecule has 0 bridgehead atoms. The first kappa shape index (κ1) is 19.8. The van der Waals surface area contributed by atoms with Crippen LogP contribution >= 0.6 is 0 Å². The zero-order valence-corrected chi connectivity index (χ0v) is 15.6. The molecule has 3 rings (SSSR count). The Morgan fingerprint density at radius 2 is 1.93 bits per heavy atom. The van der Waals surface area contributed by atoms with Gasteiger partial charge in [-0.2, -0.15) is 5.26 Å². The van der Waals surface area contributed by atoms with Crippen molar-refractivity contribution in [1.29, 1.82) is 5.26 Å². The Labute approximate surface area is 166 Å². The Kier molecular flexibility index (Phi) is 6.00. The molecule has 0 saturated heterocycles. The van der Waals surface area contributed by atoms with Crippen molar-refractivity contribution in [3.63, 3.8) is 0 Å². The number of anilines is 1. The molecule has 0 radical (unpaired) electrons. The van der Waals surface area contributed by atoms with Gasteiger partial charge < -0.3 is 15.0 Å². The number of aryl methyl sites for hydroxylation is 1. The SMILES string of the molecule is C[C@H](OC(=O)CCc1nc2ccccc2c(=O)[nH]1)C(=O)Nc1ccccc1C#N. The Balaban J connectivity index is 1.57. The van der Waals surface area contributed by atoms with Crippen molar-refractivity contribution in [2.24, 2.45) is 0 Å². The quantitative estimate of drug-likeness (QED) is 0.622. The van der Waals surface area contributed by atoms with Crippen molar-refractivity contribution in [1.82, 2.24) is 9.97 Å². The molecule has 0 aliphatic rings. The van der Waals surface area contributed by atoms with E-state index in [9.17, 15) is 14.4 Å². The normalized spacial score (nSPS) is 11.4. The van der Waals surface area contributed by atoms with E-state index in [1.807, 2.05) is 6.07 Å². The molecule has 0 aliphatic heterocycles. The first-order valence-corrected chi connectivity index (χ1v) is 8.95. The van der Waals surface area contributed by atoms with Gasteiger partial charge in [-0.05, 0) is 31.2 Å². The van der Waals surface area contributed by atoms with Gasteiger partial charge in [-0.25, -0.2) is 4.98 Å². The number of hydrogen-bond acceptors (Lipinski definition) is 6. The maximum atomic E-state index is 12.2. The van der Waals surface area contributed by atoms with Crippen LogP contribution in [0.5, 0.6) is 0 Å². The van der Waals surface area contributed by atoms with Gasteiger partial charge in [-0.15, -0.1) is 0 Å².